The van der Waals surface area contributed by atoms with E-state index in [4.69, 9.17) is 0 Å². The minimum absolute atomic E-state index is 0.245. The molecule has 5 atom stereocenters. The summed E-state index contributed by atoms with van der Waals surface area (Å²) >= 11 is 0. The Morgan fingerprint density at radius 2 is 1.25 bits per heavy atom. The van der Waals surface area contributed by atoms with Gasteiger partial charge in [-0.05, 0) is 0 Å². The lowest BCUT2D eigenvalue weighted by atomic mass is 9.94. The van der Waals surface area contributed by atoms with E-state index in [1.165, 1.54) is 0 Å². The SMILES string of the molecule is FC(N1CC(C(F)(F)F)OC(C(F)(F)F)C1)C(F)(C1COCCO1)C(F)(F)F. The number of ether oxygens (including phenoxy) is 3. The van der Waals surface area contributed by atoms with Crippen molar-refractivity contribution < 1.29 is 62.5 Å². The largest absolute Gasteiger partial charge is 0.429 e. The molecule has 4 nitrogen and oxygen atoms in total. The van der Waals surface area contributed by atoms with Gasteiger partial charge in [0.1, 0.15) is 6.10 Å². The maximum absolute atomic E-state index is 14.9. The average molecular weight is 441 g/mol. The Morgan fingerprint density at radius 1 is 0.750 bits per heavy atom. The molecule has 0 bridgehead atoms. The van der Waals surface area contributed by atoms with E-state index >= 15 is 0 Å². The second kappa shape index (κ2) is 7.72. The zero-order valence-electron chi connectivity index (χ0n) is 13.7. The van der Waals surface area contributed by atoms with E-state index in [-0.39, 0.29) is 6.61 Å². The summed E-state index contributed by atoms with van der Waals surface area (Å²) in [7, 11) is 0. The molecule has 166 valence electrons. The van der Waals surface area contributed by atoms with Gasteiger partial charge in [0.15, 0.2) is 18.5 Å². The van der Waals surface area contributed by atoms with E-state index in [1.54, 1.807) is 0 Å². The highest BCUT2D eigenvalue weighted by Gasteiger charge is 2.69. The number of nitrogens with zero attached hydrogens (tertiary/aromatic N) is 1. The molecule has 2 heterocycles. The van der Waals surface area contributed by atoms with Crippen LogP contribution in [0.5, 0.6) is 0 Å². The molecule has 2 fully saturated rings. The van der Waals surface area contributed by atoms with Crippen LogP contribution in [0.1, 0.15) is 0 Å². The fourth-order valence-electron chi connectivity index (χ4n) is 2.80. The third kappa shape index (κ3) is 4.62. The van der Waals surface area contributed by atoms with Crippen molar-refractivity contribution in [2.75, 3.05) is 32.9 Å². The van der Waals surface area contributed by atoms with Gasteiger partial charge in [-0.1, -0.05) is 0 Å². The monoisotopic (exact) mass is 441 g/mol. The summed E-state index contributed by atoms with van der Waals surface area (Å²) in [6.07, 6.45) is -30.0. The molecular weight excluding hydrogens is 427 g/mol. The first kappa shape index (κ1) is 23.3. The van der Waals surface area contributed by atoms with Crippen LogP contribution in [0.3, 0.4) is 0 Å². The number of alkyl halides is 11. The van der Waals surface area contributed by atoms with Crippen LogP contribution in [0.15, 0.2) is 0 Å². The van der Waals surface area contributed by atoms with Gasteiger partial charge in [0.25, 0.3) is 5.67 Å². The molecule has 0 amide bonds. The average Bonchev–Trinajstić information content (AvgIpc) is 2.58. The summed E-state index contributed by atoms with van der Waals surface area (Å²) in [5, 5.41) is 0. The van der Waals surface area contributed by atoms with E-state index in [0.29, 0.717) is 0 Å². The highest BCUT2D eigenvalue weighted by atomic mass is 19.4. The molecular formula is C13H14F11NO3. The standard InChI is InChI=1S/C13H14F11NO3/c14-9(10(15,13(22,23)24)8-5-26-1-2-27-8)25-3-6(11(16,17)18)28-7(4-25)12(19,20)21/h6-9H,1-5H2. The van der Waals surface area contributed by atoms with Crippen molar-refractivity contribution in [2.24, 2.45) is 0 Å². The Bertz CT molecular complexity index is 509. The van der Waals surface area contributed by atoms with E-state index in [2.05, 4.69) is 14.2 Å². The number of halogens is 11. The van der Waals surface area contributed by atoms with Crippen LogP contribution in [-0.2, 0) is 14.2 Å². The van der Waals surface area contributed by atoms with Gasteiger partial charge in [-0.25, -0.2) is 8.78 Å². The fourth-order valence-corrected chi connectivity index (χ4v) is 2.80. The summed E-state index contributed by atoms with van der Waals surface area (Å²) in [5.74, 6) is 0. The number of morpholine rings is 1. The summed E-state index contributed by atoms with van der Waals surface area (Å²) in [6.45, 7) is -5.45. The molecule has 5 unspecified atom stereocenters. The highest BCUT2D eigenvalue weighted by Crippen LogP contribution is 2.45. The van der Waals surface area contributed by atoms with E-state index in [0.717, 1.165) is 0 Å². The summed E-state index contributed by atoms with van der Waals surface area (Å²) < 4.78 is 159. The highest BCUT2D eigenvalue weighted by molar-refractivity contribution is 5.03. The van der Waals surface area contributed by atoms with Crippen molar-refractivity contribution in [2.45, 2.75) is 48.8 Å². The fraction of sp³-hybridized carbons (Fsp3) is 1.00. The van der Waals surface area contributed by atoms with Gasteiger partial charge >= 0.3 is 18.5 Å². The van der Waals surface area contributed by atoms with Gasteiger partial charge in [0.05, 0.1) is 19.8 Å². The van der Waals surface area contributed by atoms with E-state index in [1.807, 2.05) is 0 Å². The summed E-state index contributed by atoms with van der Waals surface area (Å²) in [6, 6.07) is 0. The molecule has 0 saturated carbocycles. The molecule has 28 heavy (non-hydrogen) atoms. The smallest absolute Gasteiger partial charge is 0.376 e. The van der Waals surface area contributed by atoms with Crippen molar-refractivity contribution in [3.8, 4) is 0 Å². The second-order valence-corrected chi connectivity index (χ2v) is 6.19. The minimum Gasteiger partial charge on any atom is -0.376 e. The number of hydrogen-bond acceptors (Lipinski definition) is 4. The van der Waals surface area contributed by atoms with Crippen LogP contribution in [0.4, 0.5) is 48.3 Å². The predicted molar refractivity (Wildman–Crippen MR) is 67.7 cm³/mol. The van der Waals surface area contributed by atoms with Crippen LogP contribution in [-0.4, -0.2) is 86.6 Å². The number of hydrogen-bond donors (Lipinski definition) is 0. The molecule has 2 rings (SSSR count). The first-order valence-corrected chi connectivity index (χ1v) is 7.70. The lowest BCUT2D eigenvalue weighted by Gasteiger charge is -2.46. The molecule has 2 saturated heterocycles. The van der Waals surface area contributed by atoms with Crippen molar-refractivity contribution in [1.29, 1.82) is 0 Å². The third-order valence-electron chi connectivity index (χ3n) is 4.25. The normalized spacial score (nSPS) is 32.0. The molecule has 0 aromatic carbocycles. The number of rotatable bonds is 3. The topological polar surface area (TPSA) is 30.9 Å². The molecule has 15 heteroatoms. The van der Waals surface area contributed by atoms with Crippen LogP contribution in [0.25, 0.3) is 0 Å². The van der Waals surface area contributed by atoms with Crippen LogP contribution >= 0.6 is 0 Å². The van der Waals surface area contributed by atoms with Gasteiger partial charge in [0.2, 0.25) is 0 Å². The predicted octanol–water partition coefficient (Wildman–Crippen LogP) is 3.16. The molecule has 0 aliphatic carbocycles. The van der Waals surface area contributed by atoms with Crippen molar-refractivity contribution >= 4 is 0 Å². The summed E-state index contributed by atoms with van der Waals surface area (Å²) in [5.41, 5.74) is -4.93. The molecule has 0 radical (unpaired) electrons. The Balaban J connectivity index is 2.37. The first-order chi connectivity index (χ1) is 12.6. The Hall–Kier alpha value is -0.930. The van der Waals surface area contributed by atoms with Crippen molar-refractivity contribution in [1.82, 2.24) is 4.90 Å². The van der Waals surface area contributed by atoms with Gasteiger partial charge in [-0.15, -0.1) is 0 Å². The van der Waals surface area contributed by atoms with Gasteiger partial charge in [-0.2, -0.15) is 39.5 Å². The molecule has 0 N–H and O–H groups in total. The molecule has 0 aromatic heterocycles. The van der Waals surface area contributed by atoms with Crippen LogP contribution in [0.2, 0.25) is 0 Å². The third-order valence-corrected chi connectivity index (χ3v) is 4.25. The zero-order chi connectivity index (χ0) is 21.5. The maximum Gasteiger partial charge on any atom is 0.429 e. The Labute approximate surface area is 150 Å². The van der Waals surface area contributed by atoms with Crippen molar-refractivity contribution in [3.05, 3.63) is 0 Å². The van der Waals surface area contributed by atoms with Crippen molar-refractivity contribution in [3.63, 3.8) is 0 Å². The molecule has 0 spiro atoms. The first-order valence-electron chi connectivity index (χ1n) is 7.70. The van der Waals surface area contributed by atoms with Crippen LogP contribution < -0.4 is 0 Å². The molecule has 2 aliphatic heterocycles. The maximum atomic E-state index is 14.9. The lowest BCUT2D eigenvalue weighted by molar-refractivity contribution is -0.341. The minimum atomic E-state index is -6.02. The lowest BCUT2D eigenvalue weighted by Crippen LogP contribution is -2.68. The zero-order valence-corrected chi connectivity index (χ0v) is 13.7. The Kier molecular flexibility index (Phi) is 6.44. The quantitative estimate of drug-likeness (QED) is 0.498. The van der Waals surface area contributed by atoms with Crippen LogP contribution in [0, 0.1) is 0 Å². The van der Waals surface area contributed by atoms with E-state index < -0.39 is 80.0 Å². The van der Waals surface area contributed by atoms with E-state index in [9.17, 15) is 48.3 Å². The van der Waals surface area contributed by atoms with Gasteiger partial charge < -0.3 is 14.2 Å². The molecule has 2 aliphatic rings. The van der Waals surface area contributed by atoms with Gasteiger partial charge in [0, 0.05) is 13.1 Å². The molecule has 0 aromatic rings. The summed E-state index contributed by atoms with van der Waals surface area (Å²) in [4.78, 5) is -0.523. The second-order valence-electron chi connectivity index (χ2n) is 6.19. The van der Waals surface area contributed by atoms with Gasteiger partial charge in [-0.3, -0.25) is 4.90 Å². The Morgan fingerprint density at radius 3 is 1.61 bits per heavy atom.